The molecule has 5 nitrogen and oxygen atoms in total. The van der Waals surface area contributed by atoms with Crippen molar-refractivity contribution in [2.75, 3.05) is 13.2 Å². The second-order valence-electron chi connectivity index (χ2n) is 5.04. The smallest absolute Gasteiger partial charge is 0.237 e. The van der Waals surface area contributed by atoms with Crippen molar-refractivity contribution in [3.63, 3.8) is 0 Å². The third kappa shape index (κ3) is 6.54. The van der Waals surface area contributed by atoms with Crippen LogP contribution in [0.5, 0.6) is 5.75 Å². The van der Waals surface area contributed by atoms with Gasteiger partial charge >= 0.3 is 0 Å². The van der Waals surface area contributed by atoms with E-state index in [0.29, 0.717) is 19.6 Å². The lowest BCUT2D eigenvalue weighted by Gasteiger charge is -2.13. The first kappa shape index (κ1) is 16.5. The van der Waals surface area contributed by atoms with Crippen molar-refractivity contribution in [1.82, 2.24) is 5.32 Å². The maximum Gasteiger partial charge on any atom is 0.237 e. The summed E-state index contributed by atoms with van der Waals surface area (Å²) in [5.74, 6) is 0.0412. The van der Waals surface area contributed by atoms with Gasteiger partial charge in [0.1, 0.15) is 5.75 Å². The summed E-state index contributed by atoms with van der Waals surface area (Å²) in [5.41, 5.74) is 6.77. The van der Waals surface area contributed by atoms with Crippen LogP contribution >= 0.6 is 0 Å². The van der Waals surface area contributed by atoms with Gasteiger partial charge in [0.2, 0.25) is 5.91 Å². The van der Waals surface area contributed by atoms with Crippen molar-refractivity contribution in [2.24, 2.45) is 5.73 Å². The van der Waals surface area contributed by atoms with Gasteiger partial charge in [-0.3, -0.25) is 4.79 Å². The second kappa shape index (κ2) is 8.55. The van der Waals surface area contributed by atoms with Gasteiger partial charge < -0.3 is 20.9 Å². The fourth-order valence-electron chi connectivity index (χ4n) is 1.71. The lowest BCUT2D eigenvalue weighted by molar-refractivity contribution is -0.122. The Labute approximate surface area is 120 Å². The number of carbonyl (C=O) groups excluding carboxylic acids is 1. The third-order valence-electron chi connectivity index (χ3n) is 2.80. The number of hydrogen-bond donors (Lipinski definition) is 3. The van der Waals surface area contributed by atoms with E-state index in [-0.39, 0.29) is 17.8 Å². The standard InChI is InChI=1S/C15H24N2O3/c1-11(2)20-9-3-8-17-15(19)14(16)10-12-4-6-13(18)7-5-12/h4-7,11,14,18H,3,8-10,16H2,1-2H3,(H,17,19)/t14-/m1/s1. The van der Waals surface area contributed by atoms with Gasteiger partial charge in [0, 0.05) is 13.2 Å². The minimum Gasteiger partial charge on any atom is -0.508 e. The van der Waals surface area contributed by atoms with Crippen LogP contribution in [0.3, 0.4) is 0 Å². The molecule has 1 aromatic carbocycles. The molecule has 1 amide bonds. The molecule has 1 rings (SSSR count). The molecule has 0 aliphatic heterocycles. The topological polar surface area (TPSA) is 84.6 Å². The number of carbonyl (C=O) groups is 1. The maximum absolute atomic E-state index is 11.8. The molecule has 0 saturated heterocycles. The number of rotatable bonds is 8. The lowest BCUT2D eigenvalue weighted by Crippen LogP contribution is -2.42. The summed E-state index contributed by atoms with van der Waals surface area (Å²) >= 11 is 0. The minimum absolute atomic E-state index is 0.164. The summed E-state index contributed by atoms with van der Waals surface area (Å²) in [6.07, 6.45) is 1.44. The number of phenols is 1. The maximum atomic E-state index is 11.8. The number of phenolic OH excluding ortho intramolecular Hbond substituents is 1. The monoisotopic (exact) mass is 280 g/mol. The fourth-order valence-corrected chi connectivity index (χ4v) is 1.71. The summed E-state index contributed by atoms with van der Waals surface area (Å²) in [6, 6.07) is 6.12. The zero-order chi connectivity index (χ0) is 15.0. The Morgan fingerprint density at radius 1 is 1.35 bits per heavy atom. The molecule has 0 bridgehead atoms. The minimum atomic E-state index is -0.578. The van der Waals surface area contributed by atoms with Crippen LogP contribution in [-0.2, 0) is 16.0 Å². The lowest BCUT2D eigenvalue weighted by atomic mass is 10.1. The SMILES string of the molecule is CC(C)OCCCNC(=O)[C@H](N)Cc1ccc(O)cc1. The fraction of sp³-hybridized carbons (Fsp3) is 0.533. The Morgan fingerprint density at radius 3 is 2.60 bits per heavy atom. The van der Waals surface area contributed by atoms with Gasteiger partial charge in [-0.25, -0.2) is 0 Å². The van der Waals surface area contributed by atoms with E-state index in [2.05, 4.69) is 5.32 Å². The predicted octanol–water partition coefficient (Wildman–Crippen LogP) is 1.19. The highest BCUT2D eigenvalue weighted by Gasteiger charge is 2.13. The molecule has 0 spiro atoms. The Kier molecular flexibility index (Phi) is 7.04. The molecule has 4 N–H and O–H groups in total. The van der Waals surface area contributed by atoms with E-state index >= 15 is 0 Å². The Balaban J connectivity index is 2.23. The van der Waals surface area contributed by atoms with Gasteiger partial charge in [0.25, 0.3) is 0 Å². The van der Waals surface area contributed by atoms with Crippen LogP contribution < -0.4 is 11.1 Å². The van der Waals surface area contributed by atoms with Gasteiger partial charge in [-0.15, -0.1) is 0 Å². The number of amides is 1. The highest BCUT2D eigenvalue weighted by molar-refractivity contribution is 5.81. The molecule has 0 fully saturated rings. The molecule has 0 aromatic heterocycles. The van der Waals surface area contributed by atoms with Crippen LogP contribution in [0.15, 0.2) is 24.3 Å². The van der Waals surface area contributed by atoms with E-state index in [0.717, 1.165) is 12.0 Å². The van der Waals surface area contributed by atoms with Crippen molar-refractivity contribution in [1.29, 1.82) is 0 Å². The largest absolute Gasteiger partial charge is 0.508 e. The highest BCUT2D eigenvalue weighted by atomic mass is 16.5. The number of ether oxygens (including phenoxy) is 1. The molecular weight excluding hydrogens is 256 g/mol. The summed E-state index contributed by atoms with van der Waals surface area (Å²) in [4.78, 5) is 11.8. The first-order chi connectivity index (χ1) is 9.49. The van der Waals surface area contributed by atoms with Crippen molar-refractivity contribution in [3.8, 4) is 5.75 Å². The van der Waals surface area contributed by atoms with E-state index in [1.165, 1.54) is 0 Å². The first-order valence-corrected chi connectivity index (χ1v) is 6.92. The zero-order valence-corrected chi connectivity index (χ0v) is 12.1. The first-order valence-electron chi connectivity index (χ1n) is 6.92. The van der Waals surface area contributed by atoms with Crippen LogP contribution in [0.1, 0.15) is 25.8 Å². The molecule has 0 aliphatic carbocycles. The Hall–Kier alpha value is -1.59. The van der Waals surface area contributed by atoms with Crippen LogP contribution in [0, 0.1) is 0 Å². The molecule has 1 aromatic rings. The van der Waals surface area contributed by atoms with E-state index < -0.39 is 6.04 Å². The number of benzene rings is 1. The number of nitrogens with two attached hydrogens (primary N) is 1. The third-order valence-corrected chi connectivity index (χ3v) is 2.80. The van der Waals surface area contributed by atoms with Gasteiger partial charge in [0.05, 0.1) is 12.1 Å². The molecule has 20 heavy (non-hydrogen) atoms. The summed E-state index contributed by atoms with van der Waals surface area (Å²) < 4.78 is 5.38. The van der Waals surface area contributed by atoms with Crippen LogP contribution in [0.25, 0.3) is 0 Å². The van der Waals surface area contributed by atoms with Crippen LogP contribution in [-0.4, -0.2) is 36.3 Å². The molecule has 0 aliphatic rings. The predicted molar refractivity (Wildman–Crippen MR) is 78.5 cm³/mol. The van der Waals surface area contributed by atoms with Gasteiger partial charge in [0.15, 0.2) is 0 Å². The van der Waals surface area contributed by atoms with Gasteiger partial charge in [-0.1, -0.05) is 12.1 Å². The molecule has 1 atom stereocenters. The molecule has 112 valence electrons. The van der Waals surface area contributed by atoms with Crippen molar-refractivity contribution in [2.45, 2.75) is 38.8 Å². The van der Waals surface area contributed by atoms with Crippen LogP contribution in [0.4, 0.5) is 0 Å². The quantitative estimate of drug-likeness (QED) is 0.625. The Bertz CT molecular complexity index is 404. The summed E-state index contributed by atoms with van der Waals surface area (Å²) in [6.45, 7) is 5.15. The van der Waals surface area contributed by atoms with Crippen molar-refractivity contribution < 1.29 is 14.6 Å². The summed E-state index contributed by atoms with van der Waals surface area (Å²) in [5, 5.41) is 12.0. The van der Waals surface area contributed by atoms with Crippen molar-refractivity contribution in [3.05, 3.63) is 29.8 Å². The number of nitrogens with one attached hydrogen (secondary N) is 1. The van der Waals surface area contributed by atoms with Gasteiger partial charge in [-0.05, 0) is 44.4 Å². The Morgan fingerprint density at radius 2 is 2.00 bits per heavy atom. The second-order valence-corrected chi connectivity index (χ2v) is 5.04. The van der Waals surface area contributed by atoms with E-state index in [1.54, 1.807) is 24.3 Å². The highest BCUT2D eigenvalue weighted by Crippen LogP contribution is 2.10. The normalized spacial score (nSPS) is 12.4. The molecule has 5 heteroatoms. The summed E-state index contributed by atoms with van der Waals surface area (Å²) in [7, 11) is 0. The van der Waals surface area contributed by atoms with Crippen molar-refractivity contribution >= 4 is 5.91 Å². The van der Waals surface area contributed by atoms with E-state index in [4.69, 9.17) is 10.5 Å². The zero-order valence-electron chi connectivity index (χ0n) is 12.1. The van der Waals surface area contributed by atoms with Crippen LogP contribution in [0.2, 0.25) is 0 Å². The van der Waals surface area contributed by atoms with E-state index in [9.17, 15) is 9.90 Å². The number of aromatic hydroxyl groups is 1. The number of hydrogen-bond acceptors (Lipinski definition) is 4. The van der Waals surface area contributed by atoms with E-state index in [1.807, 2.05) is 13.8 Å². The molecular formula is C15H24N2O3. The molecule has 0 radical (unpaired) electrons. The average Bonchev–Trinajstić information content (AvgIpc) is 2.40. The molecule has 0 heterocycles. The molecule has 0 unspecified atom stereocenters. The average molecular weight is 280 g/mol. The molecule has 0 saturated carbocycles. The van der Waals surface area contributed by atoms with Gasteiger partial charge in [-0.2, -0.15) is 0 Å².